The van der Waals surface area contributed by atoms with Crippen molar-refractivity contribution < 1.29 is 0 Å². The van der Waals surface area contributed by atoms with Crippen LogP contribution in [0.5, 0.6) is 0 Å². The van der Waals surface area contributed by atoms with Crippen LogP contribution in [0.25, 0.3) is 0 Å². The molecule has 0 aliphatic carbocycles. The number of rotatable bonds is 5. The van der Waals surface area contributed by atoms with Gasteiger partial charge in [0.2, 0.25) is 0 Å². The van der Waals surface area contributed by atoms with E-state index in [1.807, 2.05) is 7.05 Å². The molecule has 0 spiro atoms. The van der Waals surface area contributed by atoms with E-state index in [0.717, 1.165) is 25.5 Å². The second-order valence-corrected chi connectivity index (χ2v) is 4.91. The molecular formula is C13H23N5. The van der Waals surface area contributed by atoms with Crippen LogP contribution in [0.2, 0.25) is 0 Å². The highest BCUT2D eigenvalue weighted by Gasteiger charge is 2.22. The number of likely N-dealkylation sites (tertiary alicyclic amines) is 1. The highest BCUT2D eigenvalue weighted by molar-refractivity contribution is 5.24. The van der Waals surface area contributed by atoms with E-state index in [4.69, 9.17) is 5.73 Å². The van der Waals surface area contributed by atoms with Gasteiger partial charge in [0, 0.05) is 12.2 Å². The van der Waals surface area contributed by atoms with E-state index in [1.165, 1.54) is 25.7 Å². The normalized spacial score (nSPS) is 21.1. The van der Waals surface area contributed by atoms with Crippen LogP contribution in [0.1, 0.15) is 31.5 Å². The number of nitrogens with zero attached hydrogens (tertiary/aromatic N) is 3. The lowest BCUT2D eigenvalue weighted by Gasteiger charge is -2.35. The third-order valence-electron chi connectivity index (χ3n) is 3.55. The van der Waals surface area contributed by atoms with E-state index in [-0.39, 0.29) is 0 Å². The van der Waals surface area contributed by atoms with Gasteiger partial charge in [0.1, 0.15) is 11.6 Å². The summed E-state index contributed by atoms with van der Waals surface area (Å²) in [7, 11) is 2.01. The molecule has 1 aromatic heterocycles. The van der Waals surface area contributed by atoms with Crippen molar-refractivity contribution in [3.63, 3.8) is 0 Å². The van der Waals surface area contributed by atoms with Gasteiger partial charge >= 0.3 is 0 Å². The largest absolute Gasteiger partial charge is 0.384 e. The van der Waals surface area contributed by atoms with E-state index in [1.54, 1.807) is 12.3 Å². The first-order valence-electron chi connectivity index (χ1n) is 6.75. The number of aromatic nitrogens is 2. The Morgan fingerprint density at radius 2 is 2.39 bits per heavy atom. The topological polar surface area (TPSA) is 67.1 Å². The van der Waals surface area contributed by atoms with Crippen LogP contribution in [-0.2, 0) is 6.54 Å². The maximum atomic E-state index is 5.70. The molecule has 1 fully saturated rings. The molecule has 0 radical (unpaired) electrons. The van der Waals surface area contributed by atoms with E-state index in [9.17, 15) is 0 Å². The van der Waals surface area contributed by atoms with Crippen molar-refractivity contribution in [3.05, 3.63) is 18.1 Å². The number of nitrogens with one attached hydrogen (secondary N) is 1. The third kappa shape index (κ3) is 3.65. The average Bonchev–Trinajstić information content (AvgIpc) is 2.38. The zero-order chi connectivity index (χ0) is 12.8. The Kier molecular flexibility index (Phi) is 4.90. The molecule has 0 amide bonds. The fraction of sp³-hybridized carbons (Fsp3) is 0.692. The van der Waals surface area contributed by atoms with Crippen LogP contribution in [-0.4, -0.2) is 41.0 Å². The molecule has 0 bridgehead atoms. The Bertz CT molecular complexity index is 368. The summed E-state index contributed by atoms with van der Waals surface area (Å²) in [4.78, 5) is 11.1. The molecule has 2 rings (SSSR count). The molecule has 0 saturated carbocycles. The number of nitrogen functional groups attached to an aromatic ring is 1. The molecule has 5 nitrogen and oxygen atoms in total. The van der Waals surface area contributed by atoms with E-state index >= 15 is 0 Å². The maximum Gasteiger partial charge on any atom is 0.144 e. The van der Waals surface area contributed by atoms with Gasteiger partial charge in [-0.1, -0.05) is 6.42 Å². The molecule has 100 valence electrons. The van der Waals surface area contributed by atoms with Gasteiger partial charge in [-0.05, 0) is 45.5 Å². The number of piperidine rings is 1. The van der Waals surface area contributed by atoms with Gasteiger partial charge in [-0.25, -0.2) is 9.97 Å². The zero-order valence-electron chi connectivity index (χ0n) is 11.1. The van der Waals surface area contributed by atoms with Gasteiger partial charge in [0.15, 0.2) is 0 Å². The summed E-state index contributed by atoms with van der Waals surface area (Å²) < 4.78 is 0. The van der Waals surface area contributed by atoms with Crippen molar-refractivity contribution in [1.82, 2.24) is 20.2 Å². The van der Waals surface area contributed by atoms with Gasteiger partial charge < -0.3 is 11.1 Å². The minimum absolute atomic E-state index is 0.559. The SMILES string of the molecule is CNCCC1CCCCN1Cc1nccc(N)n1. The molecule has 1 atom stereocenters. The highest BCUT2D eigenvalue weighted by atomic mass is 15.2. The molecule has 3 N–H and O–H groups in total. The van der Waals surface area contributed by atoms with Crippen molar-refractivity contribution in [1.29, 1.82) is 0 Å². The number of anilines is 1. The summed E-state index contributed by atoms with van der Waals surface area (Å²) >= 11 is 0. The van der Waals surface area contributed by atoms with Crippen LogP contribution in [0, 0.1) is 0 Å². The predicted octanol–water partition coefficient (Wildman–Crippen LogP) is 1.02. The minimum Gasteiger partial charge on any atom is -0.384 e. The van der Waals surface area contributed by atoms with E-state index < -0.39 is 0 Å². The monoisotopic (exact) mass is 249 g/mol. The predicted molar refractivity (Wildman–Crippen MR) is 73.0 cm³/mol. The Hall–Kier alpha value is -1.20. The second kappa shape index (κ2) is 6.66. The van der Waals surface area contributed by atoms with Crippen LogP contribution in [0.4, 0.5) is 5.82 Å². The summed E-state index contributed by atoms with van der Waals surface area (Å²) in [6, 6.07) is 2.38. The maximum absolute atomic E-state index is 5.70. The van der Waals surface area contributed by atoms with E-state index in [2.05, 4.69) is 20.2 Å². The lowest BCUT2D eigenvalue weighted by Crippen LogP contribution is -2.40. The minimum atomic E-state index is 0.559. The first kappa shape index (κ1) is 13.2. The molecule has 1 saturated heterocycles. The highest BCUT2D eigenvalue weighted by Crippen LogP contribution is 2.20. The molecule has 1 aliphatic heterocycles. The third-order valence-corrected chi connectivity index (χ3v) is 3.55. The van der Waals surface area contributed by atoms with Gasteiger partial charge in [-0.2, -0.15) is 0 Å². The summed E-state index contributed by atoms with van der Waals surface area (Å²) in [6.45, 7) is 3.03. The van der Waals surface area contributed by atoms with Gasteiger partial charge in [-0.15, -0.1) is 0 Å². The average molecular weight is 249 g/mol. The van der Waals surface area contributed by atoms with Crippen LogP contribution < -0.4 is 11.1 Å². The van der Waals surface area contributed by atoms with Crippen molar-refractivity contribution in [2.75, 3.05) is 25.9 Å². The first-order chi connectivity index (χ1) is 8.79. The van der Waals surface area contributed by atoms with Gasteiger partial charge in [0.05, 0.1) is 6.54 Å². The summed E-state index contributed by atoms with van der Waals surface area (Å²) in [6.07, 6.45) is 6.83. The van der Waals surface area contributed by atoms with Crippen LogP contribution in [0.3, 0.4) is 0 Å². The van der Waals surface area contributed by atoms with Crippen LogP contribution >= 0.6 is 0 Å². The number of hydrogen-bond acceptors (Lipinski definition) is 5. The van der Waals surface area contributed by atoms with Gasteiger partial charge in [-0.3, -0.25) is 4.90 Å². The van der Waals surface area contributed by atoms with E-state index in [0.29, 0.717) is 11.9 Å². The quantitative estimate of drug-likeness (QED) is 0.815. The Balaban J connectivity index is 1.96. The summed E-state index contributed by atoms with van der Waals surface area (Å²) in [5, 5.41) is 3.23. The van der Waals surface area contributed by atoms with Crippen LogP contribution in [0.15, 0.2) is 12.3 Å². The molecule has 0 aromatic carbocycles. The van der Waals surface area contributed by atoms with Gasteiger partial charge in [0.25, 0.3) is 0 Å². The molecule has 1 unspecified atom stereocenters. The molecular weight excluding hydrogens is 226 g/mol. The first-order valence-corrected chi connectivity index (χ1v) is 6.75. The zero-order valence-corrected chi connectivity index (χ0v) is 11.1. The number of hydrogen-bond donors (Lipinski definition) is 2. The fourth-order valence-corrected chi connectivity index (χ4v) is 2.58. The summed E-state index contributed by atoms with van der Waals surface area (Å²) in [5.41, 5.74) is 5.70. The second-order valence-electron chi connectivity index (χ2n) is 4.91. The molecule has 2 heterocycles. The van der Waals surface area contributed by atoms with Crippen molar-refractivity contribution in [2.45, 2.75) is 38.3 Å². The van der Waals surface area contributed by atoms with Crippen molar-refractivity contribution in [3.8, 4) is 0 Å². The molecule has 1 aromatic rings. The molecule has 18 heavy (non-hydrogen) atoms. The number of nitrogens with two attached hydrogens (primary N) is 1. The Morgan fingerprint density at radius 3 is 3.17 bits per heavy atom. The standard InChI is InChI=1S/C13H23N5/c1-15-7-5-11-4-2-3-9-18(11)10-13-16-8-6-12(14)17-13/h6,8,11,15H,2-5,7,9-10H2,1H3,(H2,14,16,17). The molecule has 1 aliphatic rings. The van der Waals surface area contributed by atoms with Crippen molar-refractivity contribution in [2.24, 2.45) is 0 Å². The lowest BCUT2D eigenvalue weighted by atomic mass is 9.99. The fourth-order valence-electron chi connectivity index (χ4n) is 2.58. The van der Waals surface area contributed by atoms with Crippen molar-refractivity contribution >= 4 is 5.82 Å². The smallest absolute Gasteiger partial charge is 0.144 e. The molecule has 5 heteroatoms. The Morgan fingerprint density at radius 1 is 1.50 bits per heavy atom. The summed E-state index contributed by atoms with van der Waals surface area (Å²) in [5.74, 6) is 1.40. The Labute approximate surface area is 109 Å². The lowest BCUT2D eigenvalue weighted by molar-refractivity contribution is 0.129.